The van der Waals surface area contributed by atoms with Crippen molar-refractivity contribution in [1.29, 1.82) is 0 Å². The zero-order chi connectivity index (χ0) is 14.0. The highest BCUT2D eigenvalue weighted by molar-refractivity contribution is 5.03. The first-order valence-electron chi connectivity index (χ1n) is 8.56. The van der Waals surface area contributed by atoms with E-state index < -0.39 is 0 Å². The topological polar surface area (TPSA) is 21.7 Å². The Morgan fingerprint density at radius 1 is 1.15 bits per heavy atom. The molecule has 1 aliphatic heterocycles. The Kier molecular flexibility index (Phi) is 4.68. The summed E-state index contributed by atoms with van der Waals surface area (Å²) in [6, 6.07) is 0. The van der Waals surface area contributed by atoms with Gasteiger partial charge >= 0.3 is 0 Å². The Morgan fingerprint density at radius 3 is 2.65 bits per heavy atom. The van der Waals surface area contributed by atoms with Gasteiger partial charge in [0.2, 0.25) is 0 Å². The molecule has 4 fully saturated rings. The van der Waals surface area contributed by atoms with Crippen molar-refractivity contribution >= 4 is 0 Å². The van der Waals surface area contributed by atoms with Gasteiger partial charge in [-0.15, -0.1) is 0 Å². The molecule has 2 bridgehead atoms. The van der Waals surface area contributed by atoms with Gasteiger partial charge in [-0.3, -0.25) is 4.90 Å². The van der Waals surface area contributed by atoms with Crippen molar-refractivity contribution in [3.05, 3.63) is 0 Å². The van der Waals surface area contributed by atoms with Crippen molar-refractivity contribution < 1.29 is 9.47 Å². The molecular weight excluding hydrogens is 250 g/mol. The lowest BCUT2D eigenvalue weighted by Gasteiger charge is -2.60. The van der Waals surface area contributed by atoms with E-state index in [9.17, 15) is 0 Å². The molecule has 0 spiro atoms. The zero-order valence-corrected chi connectivity index (χ0v) is 13.3. The van der Waals surface area contributed by atoms with Gasteiger partial charge in [-0.1, -0.05) is 13.8 Å². The van der Waals surface area contributed by atoms with Gasteiger partial charge in [0.25, 0.3) is 0 Å². The molecule has 3 atom stereocenters. The van der Waals surface area contributed by atoms with Crippen LogP contribution in [0.5, 0.6) is 0 Å². The fourth-order valence-corrected chi connectivity index (χ4v) is 4.66. The van der Waals surface area contributed by atoms with Crippen molar-refractivity contribution in [3.63, 3.8) is 0 Å². The Bertz CT molecular complexity index is 310. The molecule has 3 nitrogen and oxygen atoms in total. The van der Waals surface area contributed by atoms with Crippen LogP contribution in [0.15, 0.2) is 0 Å². The lowest BCUT2D eigenvalue weighted by atomic mass is 9.45. The summed E-state index contributed by atoms with van der Waals surface area (Å²) in [4.78, 5) is 2.45. The Labute approximate surface area is 124 Å². The second-order valence-corrected chi connectivity index (χ2v) is 7.55. The van der Waals surface area contributed by atoms with Crippen LogP contribution >= 0.6 is 0 Å². The fourth-order valence-electron chi connectivity index (χ4n) is 4.66. The molecule has 3 aliphatic carbocycles. The fraction of sp³-hybridized carbons (Fsp3) is 1.00. The number of hydrogen-bond donors (Lipinski definition) is 0. The van der Waals surface area contributed by atoms with Gasteiger partial charge in [0.05, 0.1) is 19.8 Å². The molecule has 0 aromatic rings. The lowest BCUT2D eigenvalue weighted by Crippen LogP contribution is -2.52. The third kappa shape index (κ3) is 3.05. The summed E-state index contributed by atoms with van der Waals surface area (Å²) >= 11 is 0. The average molecular weight is 281 g/mol. The number of ether oxygens (including phenoxy) is 2. The van der Waals surface area contributed by atoms with Crippen LogP contribution in [0, 0.1) is 23.2 Å². The van der Waals surface area contributed by atoms with Crippen LogP contribution in [0.4, 0.5) is 0 Å². The minimum Gasteiger partial charge on any atom is -0.380 e. The van der Waals surface area contributed by atoms with Gasteiger partial charge in [0, 0.05) is 26.2 Å². The normalized spacial score (nSPS) is 36.6. The van der Waals surface area contributed by atoms with E-state index in [1.165, 1.54) is 25.7 Å². The summed E-state index contributed by atoms with van der Waals surface area (Å²) < 4.78 is 11.3. The zero-order valence-electron chi connectivity index (χ0n) is 13.3. The van der Waals surface area contributed by atoms with Crippen LogP contribution in [0.1, 0.15) is 39.5 Å². The summed E-state index contributed by atoms with van der Waals surface area (Å²) in [7, 11) is 0. The first-order chi connectivity index (χ1) is 9.68. The average Bonchev–Trinajstić information content (AvgIpc) is 2.48. The molecule has 1 heterocycles. The van der Waals surface area contributed by atoms with Crippen LogP contribution in [0.2, 0.25) is 0 Å². The van der Waals surface area contributed by atoms with E-state index in [1.54, 1.807) is 0 Å². The third-order valence-corrected chi connectivity index (χ3v) is 6.29. The molecule has 0 aromatic carbocycles. The molecule has 0 radical (unpaired) electrons. The van der Waals surface area contributed by atoms with Gasteiger partial charge in [-0.25, -0.2) is 0 Å². The highest BCUT2D eigenvalue weighted by Gasteiger charge is 2.53. The minimum absolute atomic E-state index is 0.622. The molecule has 4 rings (SSSR count). The molecule has 3 heteroatoms. The maximum atomic E-state index is 5.89. The van der Waals surface area contributed by atoms with Crippen LogP contribution < -0.4 is 0 Å². The SMILES string of the molecule is CC1(C)[C@H]2CCC(CCOCCN3CCOCC3)[C@@H]1C2. The number of fused-ring (bicyclic) bond motifs is 2. The van der Waals surface area contributed by atoms with E-state index in [2.05, 4.69) is 18.7 Å². The van der Waals surface area contributed by atoms with Crippen LogP contribution in [0.3, 0.4) is 0 Å². The summed E-state index contributed by atoms with van der Waals surface area (Å²) in [5.41, 5.74) is 0.622. The second kappa shape index (κ2) is 6.33. The minimum atomic E-state index is 0.622. The van der Waals surface area contributed by atoms with Crippen LogP contribution in [-0.2, 0) is 9.47 Å². The Hall–Kier alpha value is -0.120. The van der Waals surface area contributed by atoms with E-state index in [0.717, 1.165) is 63.8 Å². The predicted molar refractivity (Wildman–Crippen MR) is 80.8 cm³/mol. The molecule has 0 N–H and O–H groups in total. The number of nitrogens with zero attached hydrogens (tertiary/aromatic N) is 1. The lowest BCUT2D eigenvalue weighted by molar-refractivity contribution is -0.111. The first-order valence-corrected chi connectivity index (χ1v) is 8.56. The van der Waals surface area contributed by atoms with Crippen LogP contribution in [-0.4, -0.2) is 51.0 Å². The van der Waals surface area contributed by atoms with Crippen molar-refractivity contribution in [2.45, 2.75) is 39.5 Å². The third-order valence-electron chi connectivity index (χ3n) is 6.29. The van der Waals surface area contributed by atoms with Crippen molar-refractivity contribution in [3.8, 4) is 0 Å². The van der Waals surface area contributed by atoms with Gasteiger partial charge in [-0.05, 0) is 48.9 Å². The van der Waals surface area contributed by atoms with Crippen molar-refractivity contribution in [2.75, 3.05) is 46.1 Å². The molecule has 116 valence electrons. The maximum absolute atomic E-state index is 5.89. The number of rotatable bonds is 6. The highest BCUT2D eigenvalue weighted by atomic mass is 16.5. The quantitative estimate of drug-likeness (QED) is 0.699. The molecular formula is C17H31NO2. The van der Waals surface area contributed by atoms with Gasteiger partial charge in [-0.2, -0.15) is 0 Å². The highest BCUT2D eigenvalue weighted by Crippen LogP contribution is 2.61. The standard InChI is InChI=1S/C17H31NO2/c1-17(2)15-4-3-14(16(17)13-15)5-9-19-10-6-18-7-11-20-12-8-18/h14-16H,3-13H2,1-2H3/t14?,15-,16-/m0/s1. The first kappa shape index (κ1) is 14.8. The van der Waals surface area contributed by atoms with Crippen molar-refractivity contribution in [1.82, 2.24) is 4.90 Å². The second-order valence-electron chi connectivity index (χ2n) is 7.55. The van der Waals surface area contributed by atoms with Crippen LogP contribution in [0.25, 0.3) is 0 Å². The molecule has 0 aromatic heterocycles. The number of hydrogen-bond acceptors (Lipinski definition) is 3. The summed E-state index contributed by atoms with van der Waals surface area (Å²) in [5.74, 6) is 2.92. The number of morpholine rings is 1. The molecule has 4 aliphatic rings. The summed E-state index contributed by atoms with van der Waals surface area (Å²) in [5, 5.41) is 0. The Balaban J connectivity index is 1.28. The van der Waals surface area contributed by atoms with Gasteiger partial charge in [0.15, 0.2) is 0 Å². The summed E-state index contributed by atoms with van der Waals surface area (Å²) in [6.45, 7) is 11.8. The largest absolute Gasteiger partial charge is 0.380 e. The monoisotopic (exact) mass is 281 g/mol. The van der Waals surface area contributed by atoms with Gasteiger partial charge in [0.1, 0.15) is 0 Å². The summed E-state index contributed by atoms with van der Waals surface area (Å²) in [6.07, 6.45) is 5.68. The molecule has 1 saturated heterocycles. The van der Waals surface area contributed by atoms with E-state index in [1.807, 2.05) is 0 Å². The Morgan fingerprint density at radius 2 is 1.95 bits per heavy atom. The van der Waals surface area contributed by atoms with E-state index >= 15 is 0 Å². The van der Waals surface area contributed by atoms with E-state index in [4.69, 9.17) is 9.47 Å². The smallest absolute Gasteiger partial charge is 0.0594 e. The van der Waals surface area contributed by atoms with E-state index in [-0.39, 0.29) is 0 Å². The van der Waals surface area contributed by atoms with Gasteiger partial charge < -0.3 is 9.47 Å². The van der Waals surface area contributed by atoms with Crippen molar-refractivity contribution in [2.24, 2.45) is 23.2 Å². The predicted octanol–water partition coefficient (Wildman–Crippen LogP) is 2.80. The maximum Gasteiger partial charge on any atom is 0.0594 e. The van der Waals surface area contributed by atoms with E-state index in [0.29, 0.717) is 5.41 Å². The molecule has 3 saturated carbocycles. The molecule has 20 heavy (non-hydrogen) atoms. The molecule has 0 amide bonds. The molecule has 1 unspecified atom stereocenters.